The van der Waals surface area contributed by atoms with E-state index in [9.17, 15) is 5.11 Å². The van der Waals surface area contributed by atoms with E-state index in [2.05, 4.69) is 34.6 Å². The van der Waals surface area contributed by atoms with Gasteiger partial charge in [-0.3, -0.25) is 0 Å². The van der Waals surface area contributed by atoms with Crippen molar-refractivity contribution in [3.8, 4) is 0 Å². The average molecular weight is 375 g/mol. The number of hydrogen-bond acceptors (Lipinski definition) is 1. The standard InChI is InChI=1S/C26H46O/c1-17(2)7-6-8-18(3)22-11-12-23-21-10-9-19-15-20(27)16-26(19,5)24(21)13-14-25(22,23)4/h17-24,27H,6-16H2,1-5H3/t18-,19-,20-,21-,22-,23+,24-,25+,26-/m0/s1. The predicted molar refractivity (Wildman–Crippen MR) is 114 cm³/mol. The van der Waals surface area contributed by atoms with Crippen molar-refractivity contribution < 1.29 is 5.11 Å². The zero-order chi connectivity index (χ0) is 19.4. The summed E-state index contributed by atoms with van der Waals surface area (Å²) in [4.78, 5) is 0. The summed E-state index contributed by atoms with van der Waals surface area (Å²) in [5, 5.41) is 10.4. The largest absolute Gasteiger partial charge is 0.393 e. The average Bonchev–Trinajstić information content (AvgIpc) is 3.09. The Hall–Kier alpha value is -0.0400. The Morgan fingerprint density at radius 3 is 2.37 bits per heavy atom. The van der Waals surface area contributed by atoms with E-state index in [1.54, 1.807) is 0 Å². The SMILES string of the molecule is CC(C)CCC[C@H](C)[C@@H]1CC[C@@H]2[C@@H]3CC[C@H]4C[C@H](O)C[C@]4(C)[C@H]3CC[C@@]21C. The maximum atomic E-state index is 10.4. The summed E-state index contributed by atoms with van der Waals surface area (Å²) < 4.78 is 0. The summed E-state index contributed by atoms with van der Waals surface area (Å²) >= 11 is 0. The van der Waals surface area contributed by atoms with Crippen molar-refractivity contribution in [2.75, 3.05) is 0 Å². The summed E-state index contributed by atoms with van der Waals surface area (Å²) in [5.74, 6) is 6.39. The minimum atomic E-state index is -0.00985. The third-order valence-corrected chi connectivity index (χ3v) is 10.5. The lowest BCUT2D eigenvalue weighted by Crippen LogP contribution is -2.50. The highest BCUT2D eigenvalue weighted by atomic mass is 16.3. The van der Waals surface area contributed by atoms with Gasteiger partial charge in [0.15, 0.2) is 0 Å². The highest BCUT2D eigenvalue weighted by Gasteiger charge is 2.61. The molecule has 0 spiro atoms. The molecule has 0 aromatic heterocycles. The molecule has 0 aromatic carbocycles. The molecular formula is C26H46O. The van der Waals surface area contributed by atoms with Crippen LogP contribution in [0.15, 0.2) is 0 Å². The van der Waals surface area contributed by atoms with E-state index < -0.39 is 0 Å². The molecule has 4 aliphatic carbocycles. The van der Waals surface area contributed by atoms with E-state index in [-0.39, 0.29) is 6.10 Å². The number of rotatable bonds is 5. The fourth-order valence-electron chi connectivity index (χ4n) is 9.18. The van der Waals surface area contributed by atoms with Gasteiger partial charge in [-0.2, -0.15) is 0 Å². The Bertz CT molecular complexity index is 526. The highest BCUT2D eigenvalue weighted by Crippen LogP contribution is 2.68. The van der Waals surface area contributed by atoms with Gasteiger partial charge in [-0.05, 0) is 104 Å². The molecule has 156 valence electrons. The van der Waals surface area contributed by atoms with Crippen molar-refractivity contribution in [3.05, 3.63) is 0 Å². The van der Waals surface area contributed by atoms with E-state index in [0.717, 1.165) is 54.3 Å². The molecule has 1 N–H and O–H groups in total. The van der Waals surface area contributed by atoms with Crippen LogP contribution in [0.1, 0.15) is 105 Å². The van der Waals surface area contributed by atoms with Gasteiger partial charge in [0.1, 0.15) is 0 Å². The van der Waals surface area contributed by atoms with Gasteiger partial charge < -0.3 is 5.11 Å². The normalized spacial score (nSPS) is 50.3. The van der Waals surface area contributed by atoms with Gasteiger partial charge in [-0.25, -0.2) is 0 Å². The van der Waals surface area contributed by atoms with E-state index >= 15 is 0 Å². The molecule has 0 aromatic rings. The minimum absolute atomic E-state index is 0.00985. The molecule has 0 aliphatic heterocycles. The monoisotopic (exact) mass is 374 g/mol. The first-order chi connectivity index (χ1) is 12.8. The lowest BCUT2D eigenvalue weighted by Gasteiger charge is -2.58. The summed E-state index contributed by atoms with van der Waals surface area (Å²) in [6.45, 7) is 12.6. The fourth-order valence-corrected chi connectivity index (χ4v) is 9.18. The quantitative estimate of drug-likeness (QED) is 0.545. The van der Waals surface area contributed by atoms with Crippen LogP contribution in [-0.4, -0.2) is 11.2 Å². The zero-order valence-electron chi connectivity index (χ0n) is 18.8. The van der Waals surface area contributed by atoms with Crippen LogP contribution in [0.3, 0.4) is 0 Å². The third-order valence-electron chi connectivity index (χ3n) is 10.5. The van der Waals surface area contributed by atoms with Gasteiger partial charge in [-0.15, -0.1) is 0 Å². The molecule has 0 radical (unpaired) electrons. The minimum Gasteiger partial charge on any atom is -0.393 e. The third kappa shape index (κ3) is 3.32. The fraction of sp³-hybridized carbons (Fsp3) is 1.00. The first-order valence-electron chi connectivity index (χ1n) is 12.4. The molecule has 0 saturated heterocycles. The Balaban J connectivity index is 1.47. The molecule has 27 heavy (non-hydrogen) atoms. The zero-order valence-corrected chi connectivity index (χ0v) is 18.8. The maximum Gasteiger partial charge on any atom is 0.0548 e. The number of fused-ring (bicyclic) bond motifs is 5. The first-order valence-corrected chi connectivity index (χ1v) is 12.4. The van der Waals surface area contributed by atoms with Crippen LogP contribution in [-0.2, 0) is 0 Å². The Kier molecular flexibility index (Phi) is 5.50. The molecule has 1 heteroatoms. The van der Waals surface area contributed by atoms with Crippen LogP contribution >= 0.6 is 0 Å². The molecular weight excluding hydrogens is 328 g/mol. The molecule has 4 rings (SSSR count). The van der Waals surface area contributed by atoms with Crippen molar-refractivity contribution in [1.29, 1.82) is 0 Å². The topological polar surface area (TPSA) is 20.2 Å². The summed E-state index contributed by atoms with van der Waals surface area (Å²) in [6.07, 6.45) is 15.2. The number of aliphatic hydroxyl groups is 1. The highest BCUT2D eigenvalue weighted by molar-refractivity contribution is 5.10. The van der Waals surface area contributed by atoms with Crippen LogP contribution in [0.2, 0.25) is 0 Å². The Morgan fingerprint density at radius 2 is 1.63 bits per heavy atom. The van der Waals surface area contributed by atoms with Crippen LogP contribution in [0.25, 0.3) is 0 Å². The number of hydrogen-bond donors (Lipinski definition) is 1. The Labute approximate surface area is 169 Å². The first kappa shape index (κ1) is 20.2. The molecule has 4 aliphatic rings. The lowest BCUT2D eigenvalue weighted by molar-refractivity contribution is -0.0911. The van der Waals surface area contributed by atoms with Crippen molar-refractivity contribution in [2.24, 2.45) is 52.3 Å². The van der Waals surface area contributed by atoms with Crippen molar-refractivity contribution in [2.45, 2.75) is 111 Å². The lowest BCUT2D eigenvalue weighted by atomic mass is 9.47. The van der Waals surface area contributed by atoms with Crippen LogP contribution in [0.5, 0.6) is 0 Å². The molecule has 0 amide bonds. The van der Waals surface area contributed by atoms with Gasteiger partial charge in [0.25, 0.3) is 0 Å². The second-order valence-corrected chi connectivity index (χ2v) is 12.3. The van der Waals surface area contributed by atoms with Gasteiger partial charge in [0, 0.05) is 0 Å². The second-order valence-electron chi connectivity index (χ2n) is 12.3. The second kappa shape index (κ2) is 7.33. The molecule has 1 nitrogen and oxygen atoms in total. The van der Waals surface area contributed by atoms with Crippen LogP contribution in [0.4, 0.5) is 0 Å². The molecule has 0 bridgehead atoms. The van der Waals surface area contributed by atoms with Crippen molar-refractivity contribution in [3.63, 3.8) is 0 Å². The summed E-state index contributed by atoms with van der Waals surface area (Å²) in [6, 6.07) is 0. The van der Waals surface area contributed by atoms with Crippen molar-refractivity contribution in [1.82, 2.24) is 0 Å². The van der Waals surface area contributed by atoms with E-state index in [0.29, 0.717) is 10.8 Å². The van der Waals surface area contributed by atoms with Crippen LogP contribution in [0, 0.1) is 52.3 Å². The predicted octanol–water partition coefficient (Wildman–Crippen LogP) is 7.08. The van der Waals surface area contributed by atoms with Crippen molar-refractivity contribution >= 4 is 0 Å². The molecule has 0 unspecified atom stereocenters. The van der Waals surface area contributed by atoms with E-state index in [1.165, 1.54) is 57.8 Å². The molecule has 0 heterocycles. The molecule has 4 saturated carbocycles. The van der Waals surface area contributed by atoms with Crippen LogP contribution < -0.4 is 0 Å². The van der Waals surface area contributed by atoms with Gasteiger partial charge in [0.05, 0.1) is 6.10 Å². The van der Waals surface area contributed by atoms with Gasteiger partial charge in [-0.1, -0.05) is 53.9 Å². The Morgan fingerprint density at radius 1 is 0.889 bits per heavy atom. The van der Waals surface area contributed by atoms with Gasteiger partial charge >= 0.3 is 0 Å². The summed E-state index contributed by atoms with van der Waals surface area (Å²) in [5.41, 5.74) is 1.06. The van der Waals surface area contributed by atoms with E-state index in [1.807, 2.05) is 0 Å². The van der Waals surface area contributed by atoms with E-state index in [4.69, 9.17) is 0 Å². The summed E-state index contributed by atoms with van der Waals surface area (Å²) in [7, 11) is 0. The van der Waals surface area contributed by atoms with Gasteiger partial charge in [0.2, 0.25) is 0 Å². The molecule has 4 fully saturated rings. The number of aliphatic hydroxyl groups excluding tert-OH is 1. The smallest absolute Gasteiger partial charge is 0.0548 e. The maximum absolute atomic E-state index is 10.4. The molecule has 9 atom stereocenters.